The van der Waals surface area contributed by atoms with Crippen LogP contribution in [0, 0.1) is 0 Å². The van der Waals surface area contributed by atoms with Crippen molar-refractivity contribution in [2.45, 2.75) is 24.9 Å². The molecule has 0 spiro atoms. The van der Waals surface area contributed by atoms with Crippen LogP contribution >= 0.6 is 12.4 Å². The maximum Gasteiger partial charge on any atom is 0.262 e. The van der Waals surface area contributed by atoms with E-state index in [9.17, 15) is 18.4 Å². The van der Waals surface area contributed by atoms with Crippen LogP contribution in [0.15, 0.2) is 24.3 Å². The fourth-order valence-electron chi connectivity index (χ4n) is 2.18. The van der Waals surface area contributed by atoms with Crippen molar-refractivity contribution in [1.29, 1.82) is 0 Å². The molecule has 1 aliphatic rings. The summed E-state index contributed by atoms with van der Waals surface area (Å²) in [6.07, 6.45) is -0.489. The molecule has 1 fully saturated rings. The van der Waals surface area contributed by atoms with Crippen molar-refractivity contribution in [3.05, 3.63) is 35.4 Å². The van der Waals surface area contributed by atoms with E-state index in [4.69, 9.17) is 0 Å². The molecular weight excluding hydrogens is 316 g/mol. The van der Waals surface area contributed by atoms with Gasteiger partial charge in [-0.15, -0.1) is 12.4 Å². The van der Waals surface area contributed by atoms with Gasteiger partial charge >= 0.3 is 0 Å². The van der Waals surface area contributed by atoms with Crippen LogP contribution < -0.4 is 16.0 Å². The molecule has 2 rings (SSSR count). The predicted octanol–water partition coefficient (Wildman–Crippen LogP) is 1.08. The molecule has 0 bridgehead atoms. The molecule has 2 amide bonds. The third kappa shape index (κ3) is 4.64. The first-order chi connectivity index (χ1) is 9.91. The second-order valence-corrected chi connectivity index (χ2v) is 4.99. The van der Waals surface area contributed by atoms with E-state index < -0.39 is 30.8 Å². The molecule has 1 heterocycles. The zero-order valence-corrected chi connectivity index (χ0v) is 12.8. The number of hydrogen-bond donors (Lipinski definition) is 3. The van der Waals surface area contributed by atoms with Crippen LogP contribution in [0.1, 0.15) is 22.3 Å². The van der Waals surface area contributed by atoms with Gasteiger partial charge in [-0.1, -0.05) is 12.1 Å². The molecule has 1 aromatic rings. The molecule has 5 nitrogen and oxygen atoms in total. The normalized spacial score (nSPS) is 19.1. The number of carbonyl (C=O) groups is 2. The van der Waals surface area contributed by atoms with Crippen LogP contribution in [0.4, 0.5) is 8.78 Å². The number of rotatable bonds is 4. The average molecular weight is 334 g/mol. The summed E-state index contributed by atoms with van der Waals surface area (Å²) >= 11 is 0. The summed E-state index contributed by atoms with van der Waals surface area (Å²) in [6, 6.07) is 5.89. The van der Waals surface area contributed by atoms with Gasteiger partial charge in [0.2, 0.25) is 5.91 Å². The summed E-state index contributed by atoms with van der Waals surface area (Å²) < 4.78 is 26.0. The largest absolute Gasteiger partial charge is 0.355 e. The van der Waals surface area contributed by atoms with Gasteiger partial charge in [0.15, 0.2) is 0 Å². The van der Waals surface area contributed by atoms with Crippen molar-refractivity contribution in [2.24, 2.45) is 0 Å². The van der Waals surface area contributed by atoms with Gasteiger partial charge in [0.05, 0.1) is 12.6 Å². The minimum atomic E-state index is -2.83. The first kappa shape index (κ1) is 18.3. The van der Waals surface area contributed by atoms with E-state index in [0.717, 1.165) is 5.56 Å². The number of alkyl halides is 2. The minimum absolute atomic E-state index is 0. The van der Waals surface area contributed by atoms with E-state index in [2.05, 4.69) is 16.0 Å². The Labute approximate surface area is 133 Å². The van der Waals surface area contributed by atoms with E-state index in [1.807, 2.05) is 0 Å². The highest BCUT2D eigenvalue weighted by atomic mass is 35.5. The smallest absolute Gasteiger partial charge is 0.262 e. The lowest BCUT2D eigenvalue weighted by molar-refractivity contribution is -0.123. The standard InChI is InChI=1S/C14H17F2N3O2.ClH/c1-17-12(20)10-4-2-3-9(5-10)7-18-13(21)11-6-14(15,16)8-19-11;/h2-5,11,19H,6-8H2,1H3,(H,17,20)(H,18,21);1H. The van der Waals surface area contributed by atoms with E-state index in [1.165, 1.54) is 7.05 Å². The molecule has 0 radical (unpaired) electrons. The van der Waals surface area contributed by atoms with Crippen molar-refractivity contribution >= 4 is 24.2 Å². The van der Waals surface area contributed by atoms with Gasteiger partial charge in [-0.25, -0.2) is 8.78 Å². The fraction of sp³-hybridized carbons (Fsp3) is 0.429. The number of halogens is 3. The SMILES string of the molecule is CNC(=O)c1cccc(CNC(=O)C2CC(F)(F)CN2)c1.Cl. The summed E-state index contributed by atoms with van der Waals surface area (Å²) in [5.74, 6) is -3.51. The summed E-state index contributed by atoms with van der Waals surface area (Å²) in [5.41, 5.74) is 1.21. The number of nitrogens with one attached hydrogen (secondary N) is 3. The fourth-order valence-corrected chi connectivity index (χ4v) is 2.18. The molecule has 8 heteroatoms. The average Bonchev–Trinajstić information content (AvgIpc) is 2.84. The lowest BCUT2D eigenvalue weighted by Gasteiger charge is -2.11. The summed E-state index contributed by atoms with van der Waals surface area (Å²) in [5, 5.41) is 7.60. The predicted molar refractivity (Wildman–Crippen MR) is 80.3 cm³/mol. The second-order valence-electron chi connectivity index (χ2n) is 4.99. The van der Waals surface area contributed by atoms with Crippen LogP contribution in [-0.4, -0.2) is 37.4 Å². The molecule has 1 atom stereocenters. The van der Waals surface area contributed by atoms with Gasteiger partial charge in [0.1, 0.15) is 0 Å². The lowest BCUT2D eigenvalue weighted by Crippen LogP contribution is -2.40. The van der Waals surface area contributed by atoms with E-state index >= 15 is 0 Å². The Morgan fingerprint density at radius 1 is 1.41 bits per heavy atom. The number of hydrogen-bond acceptors (Lipinski definition) is 3. The highest BCUT2D eigenvalue weighted by Crippen LogP contribution is 2.25. The summed E-state index contributed by atoms with van der Waals surface area (Å²) in [4.78, 5) is 23.3. The van der Waals surface area contributed by atoms with Crippen molar-refractivity contribution < 1.29 is 18.4 Å². The molecule has 1 aliphatic heterocycles. The molecule has 0 saturated carbocycles. The zero-order chi connectivity index (χ0) is 15.5. The maximum absolute atomic E-state index is 13.0. The first-order valence-electron chi connectivity index (χ1n) is 6.61. The van der Waals surface area contributed by atoms with Crippen LogP contribution in [-0.2, 0) is 11.3 Å². The van der Waals surface area contributed by atoms with Crippen molar-refractivity contribution in [3.63, 3.8) is 0 Å². The topological polar surface area (TPSA) is 70.2 Å². The van der Waals surface area contributed by atoms with E-state index in [1.54, 1.807) is 24.3 Å². The van der Waals surface area contributed by atoms with Crippen LogP contribution in [0.3, 0.4) is 0 Å². The van der Waals surface area contributed by atoms with Crippen LogP contribution in [0.25, 0.3) is 0 Å². The van der Waals surface area contributed by atoms with E-state index in [-0.39, 0.29) is 24.9 Å². The molecular formula is C14H18ClF2N3O2. The molecule has 3 N–H and O–H groups in total. The van der Waals surface area contributed by atoms with E-state index in [0.29, 0.717) is 5.56 Å². The van der Waals surface area contributed by atoms with Crippen molar-refractivity contribution in [1.82, 2.24) is 16.0 Å². The monoisotopic (exact) mass is 333 g/mol. The molecule has 0 aliphatic carbocycles. The zero-order valence-electron chi connectivity index (χ0n) is 12.0. The van der Waals surface area contributed by atoms with Gasteiger partial charge in [-0.05, 0) is 17.7 Å². The van der Waals surface area contributed by atoms with Gasteiger partial charge in [-0.3, -0.25) is 14.9 Å². The highest BCUT2D eigenvalue weighted by Gasteiger charge is 2.42. The minimum Gasteiger partial charge on any atom is -0.355 e. The quantitative estimate of drug-likeness (QED) is 0.772. The highest BCUT2D eigenvalue weighted by molar-refractivity contribution is 5.94. The van der Waals surface area contributed by atoms with Crippen molar-refractivity contribution in [3.8, 4) is 0 Å². The Kier molecular flexibility index (Phi) is 6.25. The first-order valence-corrected chi connectivity index (χ1v) is 6.61. The van der Waals surface area contributed by atoms with Crippen molar-refractivity contribution in [2.75, 3.05) is 13.6 Å². The van der Waals surface area contributed by atoms with Gasteiger partial charge in [0, 0.05) is 25.6 Å². The molecule has 22 heavy (non-hydrogen) atoms. The second kappa shape index (κ2) is 7.51. The number of amides is 2. The van der Waals surface area contributed by atoms with Gasteiger partial charge < -0.3 is 10.6 Å². The third-order valence-electron chi connectivity index (χ3n) is 3.31. The van der Waals surface area contributed by atoms with Crippen LogP contribution in [0.2, 0.25) is 0 Å². The number of carbonyl (C=O) groups excluding carboxylic acids is 2. The number of benzene rings is 1. The molecule has 122 valence electrons. The Bertz CT molecular complexity index is 555. The summed E-state index contributed by atoms with van der Waals surface area (Å²) in [7, 11) is 1.53. The maximum atomic E-state index is 13.0. The molecule has 1 unspecified atom stereocenters. The molecule has 1 aromatic carbocycles. The lowest BCUT2D eigenvalue weighted by atomic mass is 10.1. The van der Waals surface area contributed by atoms with Crippen LogP contribution in [0.5, 0.6) is 0 Å². The third-order valence-corrected chi connectivity index (χ3v) is 3.31. The Morgan fingerprint density at radius 2 is 2.14 bits per heavy atom. The van der Waals surface area contributed by atoms with Gasteiger partial charge in [-0.2, -0.15) is 0 Å². The molecule has 0 aromatic heterocycles. The van der Waals surface area contributed by atoms with Gasteiger partial charge in [0.25, 0.3) is 11.8 Å². The Morgan fingerprint density at radius 3 is 2.73 bits per heavy atom. The Balaban J connectivity index is 0.00000242. The summed E-state index contributed by atoms with van der Waals surface area (Å²) in [6.45, 7) is -0.287. The molecule has 1 saturated heterocycles. The Hall–Kier alpha value is -1.73.